The number of aliphatic hydroxyl groups excluding tert-OH is 2. The fraction of sp³-hybridized carbons (Fsp3) is 0.429. The van der Waals surface area contributed by atoms with Gasteiger partial charge in [-0.15, -0.1) is 0 Å². The summed E-state index contributed by atoms with van der Waals surface area (Å²) in [6.45, 7) is 11.3. The van der Waals surface area contributed by atoms with E-state index >= 15 is 0 Å². The Kier molecular flexibility index (Phi) is 5.32. The van der Waals surface area contributed by atoms with Crippen molar-refractivity contribution in [2.75, 3.05) is 7.11 Å². The van der Waals surface area contributed by atoms with Crippen LogP contribution in [0.4, 0.5) is 0 Å². The second-order valence-electron chi connectivity index (χ2n) is 7.39. The lowest BCUT2D eigenvalue weighted by atomic mass is 9.85. The van der Waals surface area contributed by atoms with Crippen molar-refractivity contribution in [3.05, 3.63) is 59.1 Å². The number of ether oxygens (including phenoxy) is 2. The Morgan fingerprint density at radius 1 is 1.25 bits per heavy atom. The number of hydrogen-bond acceptors (Lipinski definition) is 7. The van der Waals surface area contributed by atoms with Crippen molar-refractivity contribution < 1.29 is 33.7 Å². The predicted molar refractivity (Wildman–Crippen MR) is 99.6 cm³/mol. The topological polar surface area (TPSA) is 106 Å². The summed E-state index contributed by atoms with van der Waals surface area (Å²) in [5, 5.41) is 21.4. The Morgan fingerprint density at radius 2 is 1.93 bits per heavy atom. The molecule has 7 nitrogen and oxygen atoms in total. The minimum absolute atomic E-state index is 0.00413. The third kappa shape index (κ3) is 3.31. The quantitative estimate of drug-likeness (QED) is 0.603. The average Bonchev–Trinajstić information content (AvgIpc) is 3.14. The monoisotopic (exact) mass is 388 g/mol. The fourth-order valence-corrected chi connectivity index (χ4v) is 3.78. The SMILES string of the molecule is C=C(C)[C@H]1Cc2oc(cc2C(=O)OC)[C@H](C(=C)C)[C@@H]2OC(=O)C(=C[C@@H]1O)[C@H]2O. The molecule has 1 aromatic rings. The Hall–Kier alpha value is -2.64. The molecule has 2 aliphatic heterocycles. The van der Waals surface area contributed by atoms with Crippen LogP contribution in [0.3, 0.4) is 0 Å². The van der Waals surface area contributed by atoms with E-state index in [0.29, 0.717) is 22.7 Å². The molecule has 0 unspecified atom stereocenters. The first kappa shape index (κ1) is 20.1. The molecule has 5 atom stereocenters. The smallest absolute Gasteiger partial charge is 0.341 e. The standard InChI is InChI=1S/C21H24O7/c1-9(2)11-7-15-12(20(24)26-5)8-16(27-15)17(10(3)4)19-18(23)13(6-14(11)22)21(25)28-19/h6,8,11,14,17-19,22-23H,1,3,7H2,2,4-5H3/t11-,14+,17+,18-,19+/m1/s1. The number of methoxy groups -OCH3 is 1. The van der Waals surface area contributed by atoms with Gasteiger partial charge in [0, 0.05) is 12.3 Å². The molecule has 2 N–H and O–H groups in total. The lowest BCUT2D eigenvalue weighted by Gasteiger charge is -2.23. The van der Waals surface area contributed by atoms with Gasteiger partial charge in [-0.3, -0.25) is 0 Å². The summed E-state index contributed by atoms with van der Waals surface area (Å²) in [5.74, 6) is -1.84. The van der Waals surface area contributed by atoms with Gasteiger partial charge in [-0.05, 0) is 26.0 Å². The third-order valence-corrected chi connectivity index (χ3v) is 5.31. The van der Waals surface area contributed by atoms with Gasteiger partial charge in [-0.2, -0.15) is 0 Å². The summed E-state index contributed by atoms with van der Waals surface area (Å²) in [4.78, 5) is 24.6. The molecule has 1 saturated heterocycles. The van der Waals surface area contributed by atoms with Gasteiger partial charge in [0.1, 0.15) is 29.3 Å². The molecule has 0 aliphatic carbocycles. The molecule has 0 radical (unpaired) electrons. The second-order valence-corrected chi connectivity index (χ2v) is 7.39. The Bertz CT molecular complexity index is 875. The van der Waals surface area contributed by atoms with E-state index in [1.807, 2.05) is 0 Å². The van der Waals surface area contributed by atoms with Crippen LogP contribution >= 0.6 is 0 Å². The number of aliphatic hydroxyl groups is 2. The summed E-state index contributed by atoms with van der Waals surface area (Å²) in [5.41, 5.74) is 1.43. The minimum atomic E-state index is -1.28. The van der Waals surface area contributed by atoms with E-state index in [9.17, 15) is 19.8 Å². The van der Waals surface area contributed by atoms with E-state index in [0.717, 1.165) is 0 Å². The Morgan fingerprint density at radius 3 is 2.50 bits per heavy atom. The zero-order valence-electron chi connectivity index (χ0n) is 16.1. The summed E-state index contributed by atoms with van der Waals surface area (Å²) in [6, 6.07) is 1.52. The Balaban J connectivity index is 2.24. The second kappa shape index (κ2) is 7.41. The number of rotatable bonds is 3. The van der Waals surface area contributed by atoms with Crippen molar-refractivity contribution in [3.63, 3.8) is 0 Å². The summed E-state index contributed by atoms with van der Waals surface area (Å²) < 4.78 is 16.2. The zero-order chi connectivity index (χ0) is 20.7. The van der Waals surface area contributed by atoms with Crippen LogP contribution in [0.2, 0.25) is 0 Å². The molecule has 3 rings (SSSR count). The third-order valence-electron chi connectivity index (χ3n) is 5.31. The van der Waals surface area contributed by atoms with Gasteiger partial charge in [0.25, 0.3) is 0 Å². The van der Waals surface area contributed by atoms with E-state index < -0.39 is 42.1 Å². The van der Waals surface area contributed by atoms with Gasteiger partial charge in [0.15, 0.2) is 0 Å². The molecule has 4 bridgehead atoms. The maximum absolute atomic E-state index is 12.3. The van der Waals surface area contributed by atoms with Gasteiger partial charge in [-0.25, -0.2) is 9.59 Å². The average molecular weight is 388 g/mol. The molecular weight excluding hydrogens is 364 g/mol. The van der Waals surface area contributed by atoms with Crippen molar-refractivity contribution >= 4 is 11.9 Å². The van der Waals surface area contributed by atoms with Crippen LogP contribution in [-0.2, 0) is 20.7 Å². The lowest BCUT2D eigenvalue weighted by molar-refractivity contribution is -0.140. The highest BCUT2D eigenvalue weighted by molar-refractivity contribution is 5.93. The first-order valence-corrected chi connectivity index (χ1v) is 8.96. The van der Waals surface area contributed by atoms with Crippen LogP contribution in [0.5, 0.6) is 0 Å². The number of carbonyl (C=O) groups excluding carboxylic acids is 2. The molecule has 150 valence electrons. The van der Waals surface area contributed by atoms with Crippen LogP contribution in [-0.4, -0.2) is 47.6 Å². The molecule has 7 heteroatoms. The van der Waals surface area contributed by atoms with Gasteiger partial charge in [-0.1, -0.05) is 24.3 Å². The van der Waals surface area contributed by atoms with E-state index in [2.05, 4.69) is 13.2 Å². The molecule has 0 aromatic carbocycles. The molecule has 0 amide bonds. The van der Waals surface area contributed by atoms with Gasteiger partial charge < -0.3 is 24.1 Å². The summed E-state index contributed by atoms with van der Waals surface area (Å²) in [6.07, 6.45) is -1.91. The molecule has 3 heterocycles. The van der Waals surface area contributed by atoms with Crippen LogP contribution in [0.25, 0.3) is 0 Å². The lowest BCUT2D eigenvalue weighted by Crippen LogP contribution is -2.30. The predicted octanol–water partition coefficient (Wildman–Crippen LogP) is 2.05. The van der Waals surface area contributed by atoms with Gasteiger partial charge >= 0.3 is 11.9 Å². The number of carbonyl (C=O) groups is 2. The maximum Gasteiger partial charge on any atom is 0.341 e. The van der Waals surface area contributed by atoms with E-state index in [4.69, 9.17) is 13.9 Å². The van der Waals surface area contributed by atoms with Crippen LogP contribution in [0.1, 0.15) is 41.6 Å². The van der Waals surface area contributed by atoms with Crippen LogP contribution in [0, 0.1) is 5.92 Å². The van der Waals surface area contributed by atoms with E-state index in [-0.39, 0.29) is 17.6 Å². The highest BCUT2D eigenvalue weighted by Gasteiger charge is 2.46. The molecule has 1 fully saturated rings. The summed E-state index contributed by atoms with van der Waals surface area (Å²) >= 11 is 0. The minimum Gasteiger partial charge on any atom is -0.465 e. The Labute approximate surface area is 162 Å². The molecular formula is C21H24O7. The number of hydrogen-bond donors (Lipinski definition) is 2. The summed E-state index contributed by atoms with van der Waals surface area (Å²) in [7, 11) is 1.26. The van der Waals surface area contributed by atoms with Crippen molar-refractivity contribution in [2.45, 2.75) is 44.5 Å². The van der Waals surface area contributed by atoms with Gasteiger partial charge in [0.05, 0.1) is 24.7 Å². The zero-order valence-corrected chi connectivity index (χ0v) is 16.1. The van der Waals surface area contributed by atoms with Crippen molar-refractivity contribution in [2.24, 2.45) is 5.92 Å². The number of esters is 2. The van der Waals surface area contributed by atoms with E-state index in [1.54, 1.807) is 13.8 Å². The largest absolute Gasteiger partial charge is 0.465 e. The fourth-order valence-electron chi connectivity index (χ4n) is 3.78. The maximum atomic E-state index is 12.3. The molecule has 1 aromatic heterocycles. The van der Waals surface area contributed by atoms with Crippen molar-refractivity contribution in [1.29, 1.82) is 0 Å². The van der Waals surface area contributed by atoms with Crippen LogP contribution < -0.4 is 0 Å². The highest BCUT2D eigenvalue weighted by atomic mass is 16.6. The molecule has 2 aliphatic rings. The highest BCUT2D eigenvalue weighted by Crippen LogP contribution is 2.40. The van der Waals surface area contributed by atoms with Gasteiger partial charge in [0.2, 0.25) is 0 Å². The molecule has 28 heavy (non-hydrogen) atoms. The molecule has 0 saturated carbocycles. The number of furan rings is 1. The first-order chi connectivity index (χ1) is 13.1. The molecule has 0 spiro atoms. The first-order valence-electron chi connectivity index (χ1n) is 8.96. The van der Waals surface area contributed by atoms with Crippen molar-refractivity contribution in [3.8, 4) is 0 Å². The van der Waals surface area contributed by atoms with E-state index in [1.165, 1.54) is 19.3 Å². The number of fused-ring (bicyclic) bond motifs is 4. The normalized spacial score (nSPS) is 29.4. The van der Waals surface area contributed by atoms with Crippen LogP contribution in [0.15, 0.2) is 46.4 Å². The van der Waals surface area contributed by atoms with Crippen molar-refractivity contribution in [1.82, 2.24) is 0 Å².